The van der Waals surface area contributed by atoms with Crippen LogP contribution in [-0.4, -0.2) is 24.6 Å². The van der Waals surface area contributed by atoms with E-state index in [2.05, 4.69) is 17.2 Å². The maximum Gasteiger partial charge on any atom is 0.0965 e. The zero-order valence-electron chi connectivity index (χ0n) is 10.6. The molecule has 1 aromatic rings. The van der Waals surface area contributed by atoms with Crippen molar-refractivity contribution in [1.82, 2.24) is 10.3 Å². The number of nitrogens with one attached hydrogen (secondary N) is 1. The van der Waals surface area contributed by atoms with E-state index in [-0.39, 0.29) is 0 Å². The molecular formula is C13H23N3S. The van der Waals surface area contributed by atoms with Gasteiger partial charge in [0.2, 0.25) is 0 Å². The van der Waals surface area contributed by atoms with Crippen molar-refractivity contribution in [2.75, 3.05) is 19.6 Å². The molecule has 17 heavy (non-hydrogen) atoms. The Bertz CT molecular complexity index is 317. The Morgan fingerprint density at radius 3 is 2.88 bits per heavy atom. The Labute approximate surface area is 108 Å². The van der Waals surface area contributed by atoms with Crippen molar-refractivity contribution in [3.8, 4) is 0 Å². The fraction of sp³-hybridized carbons (Fsp3) is 0.769. The van der Waals surface area contributed by atoms with Gasteiger partial charge in [0.15, 0.2) is 0 Å². The topological polar surface area (TPSA) is 50.9 Å². The Morgan fingerprint density at radius 2 is 2.29 bits per heavy atom. The Hall–Kier alpha value is -0.450. The maximum absolute atomic E-state index is 5.93. The predicted octanol–water partition coefficient (Wildman–Crippen LogP) is 2.36. The molecule has 2 rings (SSSR count). The molecule has 0 aromatic carbocycles. The van der Waals surface area contributed by atoms with Gasteiger partial charge < -0.3 is 11.1 Å². The highest BCUT2D eigenvalue weighted by atomic mass is 32.1. The summed E-state index contributed by atoms with van der Waals surface area (Å²) in [5.74, 6) is 0.506. The van der Waals surface area contributed by atoms with Crippen LogP contribution in [0.2, 0.25) is 0 Å². The summed E-state index contributed by atoms with van der Waals surface area (Å²) in [7, 11) is 0. The summed E-state index contributed by atoms with van der Waals surface area (Å²) < 4.78 is 0. The minimum Gasteiger partial charge on any atom is -0.330 e. The number of thiazole rings is 1. The van der Waals surface area contributed by atoms with Crippen molar-refractivity contribution in [3.05, 3.63) is 16.6 Å². The van der Waals surface area contributed by atoms with Gasteiger partial charge in [0, 0.05) is 30.6 Å². The Balaban J connectivity index is 1.75. The highest BCUT2D eigenvalue weighted by Crippen LogP contribution is 2.36. The second-order valence-electron chi connectivity index (χ2n) is 5.31. The zero-order chi connectivity index (χ0) is 12.1. The van der Waals surface area contributed by atoms with Gasteiger partial charge in [-0.2, -0.15) is 0 Å². The lowest BCUT2D eigenvalue weighted by molar-refractivity contribution is 0.289. The number of rotatable bonds is 6. The second-order valence-corrected chi connectivity index (χ2v) is 6.24. The third-order valence-corrected chi connectivity index (χ3v) is 4.93. The first kappa shape index (κ1) is 13.0. The molecule has 1 atom stereocenters. The molecule has 3 N–H and O–H groups in total. The fourth-order valence-corrected chi connectivity index (χ4v) is 3.40. The van der Waals surface area contributed by atoms with E-state index < -0.39 is 0 Å². The van der Waals surface area contributed by atoms with E-state index in [4.69, 9.17) is 5.73 Å². The molecule has 96 valence electrons. The average Bonchev–Trinajstić information content (AvgIpc) is 3.01. The summed E-state index contributed by atoms with van der Waals surface area (Å²) >= 11 is 1.74. The Kier molecular flexibility index (Phi) is 4.54. The van der Waals surface area contributed by atoms with Gasteiger partial charge in [-0.15, -0.1) is 11.3 Å². The summed E-state index contributed by atoms with van der Waals surface area (Å²) in [5, 5.41) is 6.87. The van der Waals surface area contributed by atoms with Crippen LogP contribution in [0, 0.1) is 5.41 Å². The van der Waals surface area contributed by atoms with Crippen LogP contribution in [0.3, 0.4) is 0 Å². The van der Waals surface area contributed by atoms with Gasteiger partial charge in [-0.3, -0.25) is 0 Å². The van der Waals surface area contributed by atoms with Gasteiger partial charge in [0.05, 0.1) is 5.01 Å². The lowest BCUT2D eigenvalue weighted by Gasteiger charge is -2.28. The average molecular weight is 253 g/mol. The van der Waals surface area contributed by atoms with Crippen molar-refractivity contribution < 1.29 is 0 Å². The first-order valence-corrected chi connectivity index (χ1v) is 7.44. The van der Waals surface area contributed by atoms with Gasteiger partial charge in [-0.1, -0.05) is 19.8 Å². The van der Waals surface area contributed by atoms with Gasteiger partial charge in [0.25, 0.3) is 0 Å². The number of hydrogen-bond donors (Lipinski definition) is 2. The van der Waals surface area contributed by atoms with E-state index in [0.717, 1.165) is 19.6 Å². The second kappa shape index (κ2) is 5.94. The van der Waals surface area contributed by atoms with Crippen molar-refractivity contribution in [1.29, 1.82) is 0 Å². The molecular weight excluding hydrogens is 230 g/mol. The minimum atomic E-state index is 0.378. The molecule has 0 spiro atoms. The normalized spacial score (nSPS) is 20.6. The smallest absolute Gasteiger partial charge is 0.0965 e. The van der Waals surface area contributed by atoms with Crippen LogP contribution >= 0.6 is 11.3 Å². The van der Waals surface area contributed by atoms with E-state index in [9.17, 15) is 0 Å². The summed E-state index contributed by atoms with van der Waals surface area (Å²) in [6.45, 7) is 5.13. The van der Waals surface area contributed by atoms with E-state index in [1.807, 2.05) is 11.6 Å². The number of hydrogen-bond acceptors (Lipinski definition) is 4. The largest absolute Gasteiger partial charge is 0.330 e. The van der Waals surface area contributed by atoms with Crippen LogP contribution in [-0.2, 0) is 0 Å². The standard InChI is InChI=1S/C13H23N3S/c1-11(12-16-6-7-17-12)8-15-10-13(9-14)4-2-3-5-13/h6-7,11,15H,2-5,8-10,14H2,1H3. The first-order valence-electron chi connectivity index (χ1n) is 6.56. The highest BCUT2D eigenvalue weighted by Gasteiger charge is 2.31. The van der Waals surface area contributed by atoms with Crippen molar-refractivity contribution in [2.45, 2.75) is 38.5 Å². The van der Waals surface area contributed by atoms with Gasteiger partial charge in [-0.05, 0) is 24.8 Å². The van der Waals surface area contributed by atoms with Crippen LogP contribution < -0.4 is 11.1 Å². The van der Waals surface area contributed by atoms with E-state index in [0.29, 0.717) is 11.3 Å². The Morgan fingerprint density at radius 1 is 1.53 bits per heavy atom. The lowest BCUT2D eigenvalue weighted by atomic mass is 9.86. The quantitative estimate of drug-likeness (QED) is 0.818. The van der Waals surface area contributed by atoms with E-state index in [1.165, 1.54) is 30.7 Å². The summed E-state index contributed by atoms with van der Waals surface area (Å²) in [4.78, 5) is 4.36. The molecule has 0 radical (unpaired) electrons. The summed E-state index contributed by atoms with van der Waals surface area (Å²) in [5.41, 5.74) is 6.31. The maximum atomic E-state index is 5.93. The summed E-state index contributed by atoms with van der Waals surface area (Å²) in [6, 6.07) is 0. The fourth-order valence-electron chi connectivity index (χ4n) is 2.70. The molecule has 4 heteroatoms. The molecule has 0 aliphatic heterocycles. The molecule has 0 bridgehead atoms. The third-order valence-electron chi connectivity index (χ3n) is 3.92. The molecule has 1 aromatic heterocycles. The van der Waals surface area contributed by atoms with E-state index in [1.54, 1.807) is 11.3 Å². The predicted molar refractivity (Wildman–Crippen MR) is 73.4 cm³/mol. The van der Waals surface area contributed by atoms with Crippen LogP contribution in [0.5, 0.6) is 0 Å². The minimum absolute atomic E-state index is 0.378. The monoisotopic (exact) mass is 253 g/mol. The third kappa shape index (κ3) is 3.27. The zero-order valence-corrected chi connectivity index (χ0v) is 11.4. The van der Waals surface area contributed by atoms with Crippen LogP contribution in [0.25, 0.3) is 0 Å². The molecule has 1 aliphatic carbocycles. The van der Waals surface area contributed by atoms with Gasteiger partial charge >= 0.3 is 0 Å². The van der Waals surface area contributed by atoms with Crippen LogP contribution in [0.4, 0.5) is 0 Å². The van der Waals surface area contributed by atoms with Gasteiger partial charge in [0.1, 0.15) is 0 Å². The lowest BCUT2D eigenvalue weighted by Crippen LogP contribution is -2.39. The summed E-state index contributed by atoms with van der Waals surface area (Å²) in [6.07, 6.45) is 7.17. The molecule has 3 nitrogen and oxygen atoms in total. The SMILES string of the molecule is CC(CNCC1(CN)CCCC1)c1nccs1. The van der Waals surface area contributed by atoms with Crippen molar-refractivity contribution >= 4 is 11.3 Å². The number of nitrogens with two attached hydrogens (primary N) is 1. The first-order chi connectivity index (χ1) is 8.26. The molecule has 1 aliphatic rings. The van der Waals surface area contributed by atoms with Crippen LogP contribution in [0.1, 0.15) is 43.5 Å². The van der Waals surface area contributed by atoms with Crippen molar-refractivity contribution in [3.63, 3.8) is 0 Å². The molecule has 0 amide bonds. The molecule has 1 saturated carbocycles. The molecule has 1 unspecified atom stereocenters. The highest BCUT2D eigenvalue weighted by molar-refractivity contribution is 7.09. The molecule has 1 heterocycles. The number of aromatic nitrogens is 1. The van der Waals surface area contributed by atoms with E-state index >= 15 is 0 Å². The van der Waals surface area contributed by atoms with Crippen molar-refractivity contribution in [2.24, 2.45) is 11.1 Å². The van der Waals surface area contributed by atoms with Gasteiger partial charge in [-0.25, -0.2) is 4.98 Å². The molecule has 0 saturated heterocycles. The number of nitrogens with zero attached hydrogens (tertiary/aromatic N) is 1. The molecule has 1 fully saturated rings. The van der Waals surface area contributed by atoms with Crippen LogP contribution in [0.15, 0.2) is 11.6 Å².